The second-order valence-corrected chi connectivity index (χ2v) is 5.28. The van der Waals surface area contributed by atoms with Crippen molar-refractivity contribution in [1.29, 1.82) is 0 Å². The summed E-state index contributed by atoms with van der Waals surface area (Å²) in [6.45, 7) is 4.98. The highest BCUT2D eigenvalue weighted by Gasteiger charge is 2.29. The normalized spacial score (nSPS) is 18.2. The standard InChI is InChI=1S/C17H19N3/c1-12-8-9-15(13(2)10-12)16-11-19-17(18)20(16)14-6-4-3-5-7-14/h3-10,16H,11H2,1-2H3,(H2,18,19). The van der Waals surface area contributed by atoms with Crippen LogP contribution in [-0.4, -0.2) is 12.5 Å². The van der Waals surface area contributed by atoms with Crippen LogP contribution in [-0.2, 0) is 0 Å². The molecule has 0 spiro atoms. The van der Waals surface area contributed by atoms with Crippen molar-refractivity contribution in [3.63, 3.8) is 0 Å². The maximum absolute atomic E-state index is 6.09. The van der Waals surface area contributed by atoms with E-state index < -0.39 is 0 Å². The maximum Gasteiger partial charge on any atom is 0.196 e. The molecule has 102 valence electrons. The van der Waals surface area contributed by atoms with Crippen molar-refractivity contribution in [2.45, 2.75) is 19.9 Å². The second-order valence-electron chi connectivity index (χ2n) is 5.28. The summed E-state index contributed by atoms with van der Waals surface area (Å²) < 4.78 is 0. The highest BCUT2D eigenvalue weighted by molar-refractivity contribution is 5.97. The van der Waals surface area contributed by atoms with Crippen LogP contribution in [0.5, 0.6) is 0 Å². The van der Waals surface area contributed by atoms with Crippen LogP contribution >= 0.6 is 0 Å². The number of para-hydroxylation sites is 1. The highest BCUT2D eigenvalue weighted by Crippen LogP contribution is 2.32. The Labute approximate surface area is 119 Å². The lowest BCUT2D eigenvalue weighted by Gasteiger charge is -2.27. The minimum atomic E-state index is 0.193. The van der Waals surface area contributed by atoms with E-state index in [4.69, 9.17) is 5.73 Å². The van der Waals surface area contributed by atoms with Crippen LogP contribution in [0.3, 0.4) is 0 Å². The Morgan fingerprint density at radius 1 is 1.10 bits per heavy atom. The Morgan fingerprint density at radius 3 is 2.55 bits per heavy atom. The number of hydrogen-bond acceptors (Lipinski definition) is 3. The lowest BCUT2D eigenvalue weighted by Crippen LogP contribution is -2.36. The number of guanidine groups is 1. The first-order chi connectivity index (χ1) is 9.66. The molecule has 0 saturated carbocycles. The summed E-state index contributed by atoms with van der Waals surface area (Å²) in [5.41, 5.74) is 11.1. The van der Waals surface area contributed by atoms with Gasteiger partial charge in [-0.1, -0.05) is 42.0 Å². The summed E-state index contributed by atoms with van der Waals surface area (Å²) in [4.78, 5) is 6.56. The van der Waals surface area contributed by atoms with Crippen LogP contribution in [0.15, 0.2) is 53.5 Å². The molecule has 0 aromatic heterocycles. The molecule has 3 heteroatoms. The second kappa shape index (κ2) is 5.00. The van der Waals surface area contributed by atoms with Gasteiger partial charge in [-0.25, -0.2) is 0 Å². The van der Waals surface area contributed by atoms with Gasteiger partial charge in [-0.05, 0) is 37.1 Å². The average molecular weight is 265 g/mol. The third-order valence-electron chi connectivity index (χ3n) is 3.80. The van der Waals surface area contributed by atoms with Gasteiger partial charge >= 0.3 is 0 Å². The molecule has 3 nitrogen and oxygen atoms in total. The van der Waals surface area contributed by atoms with Crippen LogP contribution < -0.4 is 10.6 Å². The molecule has 0 aliphatic carbocycles. The molecule has 1 atom stereocenters. The van der Waals surface area contributed by atoms with Gasteiger partial charge in [0, 0.05) is 5.69 Å². The SMILES string of the molecule is Cc1ccc(C2CN=C(N)N2c2ccccc2)c(C)c1. The van der Waals surface area contributed by atoms with Gasteiger partial charge in [-0.3, -0.25) is 4.99 Å². The summed E-state index contributed by atoms with van der Waals surface area (Å²) in [5.74, 6) is 0.598. The number of aryl methyl sites for hydroxylation is 2. The lowest BCUT2D eigenvalue weighted by atomic mass is 9.98. The van der Waals surface area contributed by atoms with E-state index in [1.165, 1.54) is 16.7 Å². The van der Waals surface area contributed by atoms with Gasteiger partial charge in [-0.15, -0.1) is 0 Å². The first-order valence-corrected chi connectivity index (χ1v) is 6.88. The Hall–Kier alpha value is -2.29. The molecule has 1 aliphatic heterocycles. The zero-order valence-corrected chi connectivity index (χ0v) is 11.9. The van der Waals surface area contributed by atoms with E-state index >= 15 is 0 Å². The molecule has 1 aliphatic rings. The first kappa shape index (κ1) is 12.7. The summed E-state index contributed by atoms with van der Waals surface area (Å²) >= 11 is 0. The fourth-order valence-electron chi connectivity index (χ4n) is 2.84. The predicted molar refractivity (Wildman–Crippen MR) is 84.1 cm³/mol. The fraction of sp³-hybridized carbons (Fsp3) is 0.235. The highest BCUT2D eigenvalue weighted by atomic mass is 15.3. The molecule has 1 unspecified atom stereocenters. The quantitative estimate of drug-likeness (QED) is 0.906. The van der Waals surface area contributed by atoms with Crippen molar-refractivity contribution in [2.75, 3.05) is 11.4 Å². The molecule has 3 rings (SSSR count). The Morgan fingerprint density at radius 2 is 1.85 bits per heavy atom. The lowest BCUT2D eigenvalue weighted by molar-refractivity contribution is 0.762. The molecular weight excluding hydrogens is 246 g/mol. The van der Waals surface area contributed by atoms with Crippen molar-refractivity contribution in [3.05, 3.63) is 65.2 Å². The monoisotopic (exact) mass is 265 g/mol. The van der Waals surface area contributed by atoms with Crippen LogP contribution in [0.4, 0.5) is 5.69 Å². The molecule has 1 heterocycles. The van der Waals surface area contributed by atoms with Gasteiger partial charge in [0.15, 0.2) is 5.96 Å². The molecule has 2 N–H and O–H groups in total. The largest absolute Gasteiger partial charge is 0.369 e. The van der Waals surface area contributed by atoms with Gasteiger partial charge in [-0.2, -0.15) is 0 Å². The van der Waals surface area contributed by atoms with Crippen molar-refractivity contribution < 1.29 is 0 Å². The van der Waals surface area contributed by atoms with Gasteiger partial charge in [0.1, 0.15) is 0 Å². The van der Waals surface area contributed by atoms with Gasteiger partial charge in [0.2, 0.25) is 0 Å². The summed E-state index contributed by atoms with van der Waals surface area (Å²) in [5, 5.41) is 0. The summed E-state index contributed by atoms with van der Waals surface area (Å²) in [6.07, 6.45) is 0. The Balaban J connectivity index is 2.01. The fourth-order valence-corrected chi connectivity index (χ4v) is 2.84. The first-order valence-electron chi connectivity index (χ1n) is 6.88. The van der Waals surface area contributed by atoms with Gasteiger partial charge in [0.05, 0.1) is 12.6 Å². The van der Waals surface area contributed by atoms with E-state index in [9.17, 15) is 0 Å². The third-order valence-corrected chi connectivity index (χ3v) is 3.80. The zero-order chi connectivity index (χ0) is 14.1. The molecule has 0 fully saturated rings. The van der Waals surface area contributed by atoms with Gasteiger partial charge in [0.25, 0.3) is 0 Å². The smallest absolute Gasteiger partial charge is 0.196 e. The summed E-state index contributed by atoms with van der Waals surface area (Å²) in [7, 11) is 0. The molecule has 20 heavy (non-hydrogen) atoms. The third kappa shape index (κ3) is 2.16. The Bertz CT molecular complexity index is 647. The number of benzene rings is 2. The molecule has 0 radical (unpaired) electrons. The van der Waals surface area contributed by atoms with E-state index in [1.54, 1.807) is 0 Å². The van der Waals surface area contributed by atoms with Crippen LogP contribution in [0.1, 0.15) is 22.7 Å². The number of nitrogens with two attached hydrogens (primary N) is 1. The Kier molecular flexibility index (Phi) is 3.18. The number of hydrogen-bond donors (Lipinski definition) is 1. The molecule has 2 aromatic rings. The number of anilines is 1. The molecule has 0 saturated heterocycles. The number of nitrogens with zero attached hydrogens (tertiary/aromatic N) is 2. The van der Waals surface area contributed by atoms with E-state index in [0.29, 0.717) is 12.5 Å². The van der Waals surface area contributed by atoms with Gasteiger partial charge < -0.3 is 10.6 Å². The van der Waals surface area contributed by atoms with Crippen LogP contribution in [0, 0.1) is 13.8 Å². The minimum Gasteiger partial charge on any atom is -0.369 e. The van der Waals surface area contributed by atoms with E-state index in [-0.39, 0.29) is 6.04 Å². The topological polar surface area (TPSA) is 41.6 Å². The van der Waals surface area contributed by atoms with Crippen LogP contribution in [0.2, 0.25) is 0 Å². The van der Waals surface area contributed by atoms with E-state index in [0.717, 1.165) is 5.69 Å². The van der Waals surface area contributed by atoms with Crippen LogP contribution in [0.25, 0.3) is 0 Å². The van der Waals surface area contributed by atoms with Crippen molar-refractivity contribution in [2.24, 2.45) is 10.7 Å². The molecular formula is C17H19N3. The summed E-state index contributed by atoms with van der Waals surface area (Å²) in [6, 6.07) is 17.0. The van der Waals surface area contributed by atoms with E-state index in [2.05, 4.69) is 54.1 Å². The minimum absolute atomic E-state index is 0.193. The van der Waals surface area contributed by atoms with Crippen molar-refractivity contribution in [1.82, 2.24) is 0 Å². The predicted octanol–water partition coefficient (Wildman–Crippen LogP) is 3.18. The van der Waals surface area contributed by atoms with E-state index in [1.807, 2.05) is 18.2 Å². The maximum atomic E-state index is 6.09. The number of rotatable bonds is 2. The molecule has 2 aromatic carbocycles. The molecule has 0 bridgehead atoms. The van der Waals surface area contributed by atoms with Crippen molar-refractivity contribution in [3.8, 4) is 0 Å². The van der Waals surface area contributed by atoms with Crippen molar-refractivity contribution >= 4 is 11.6 Å². The zero-order valence-electron chi connectivity index (χ0n) is 11.9. The average Bonchev–Trinajstić information content (AvgIpc) is 2.81. The molecule has 0 amide bonds. The number of aliphatic imine (C=N–C) groups is 1.